The van der Waals surface area contributed by atoms with Crippen LogP contribution in [-0.4, -0.2) is 23.1 Å². The van der Waals surface area contributed by atoms with E-state index in [0.29, 0.717) is 23.9 Å². The SMILES string of the molecule is CC(C)c1cccc(C(C)C)c1OC=[N+]1[C@@H](C)CCC[C@@H]1C. The van der Waals surface area contributed by atoms with Crippen molar-refractivity contribution in [3.8, 4) is 5.75 Å². The van der Waals surface area contributed by atoms with E-state index in [0.717, 1.165) is 5.75 Å². The number of benzene rings is 1. The third-order valence-corrected chi connectivity index (χ3v) is 4.87. The van der Waals surface area contributed by atoms with Crippen LogP contribution < -0.4 is 4.74 Å². The Bertz CT molecular complexity index is 492. The molecule has 122 valence electrons. The summed E-state index contributed by atoms with van der Waals surface area (Å²) in [6.45, 7) is 13.5. The first-order chi connectivity index (χ1) is 10.4. The van der Waals surface area contributed by atoms with Gasteiger partial charge in [-0.05, 0) is 43.2 Å². The van der Waals surface area contributed by atoms with Crippen molar-refractivity contribution < 1.29 is 9.31 Å². The van der Waals surface area contributed by atoms with Crippen LogP contribution in [0.3, 0.4) is 0 Å². The molecule has 1 fully saturated rings. The predicted octanol–water partition coefficient (Wildman–Crippen LogP) is 5.31. The van der Waals surface area contributed by atoms with Gasteiger partial charge in [-0.1, -0.05) is 45.9 Å². The number of hydrogen-bond donors (Lipinski definition) is 0. The van der Waals surface area contributed by atoms with E-state index in [1.807, 2.05) is 6.40 Å². The van der Waals surface area contributed by atoms with Crippen molar-refractivity contribution in [3.63, 3.8) is 0 Å². The van der Waals surface area contributed by atoms with Gasteiger partial charge in [0.2, 0.25) is 0 Å². The van der Waals surface area contributed by atoms with Crippen LogP contribution in [-0.2, 0) is 0 Å². The van der Waals surface area contributed by atoms with Crippen molar-refractivity contribution >= 4 is 6.40 Å². The fourth-order valence-corrected chi connectivity index (χ4v) is 3.38. The van der Waals surface area contributed by atoms with Crippen LogP contribution >= 0.6 is 0 Å². The first kappa shape index (κ1) is 17.1. The van der Waals surface area contributed by atoms with Gasteiger partial charge < -0.3 is 4.74 Å². The number of nitrogens with zero attached hydrogens (tertiary/aromatic N) is 1. The smallest absolute Gasteiger partial charge is 0.329 e. The maximum Gasteiger partial charge on any atom is 0.329 e. The highest BCUT2D eigenvalue weighted by Gasteiger charge is 2.28. The van der Waals surface area contributed by atoms with Gasteiger partial charge in [0.05, 0.1) is 0 Å². The van der Waals surface area contributed by atoms with Gasteiger partial charge in [-0.15, -0.1) is 0 Å². The standard InChI is InChI=1S/C20H32NO/c1-14(2)18-11-8-12-19(15(3)4)20(18)22-13-21-16(5)9-7-10-17(21)6/h8,11-17H,7,9-10H2,1-6H3/q+1/t16-,17-/m0/s1. The second kappa shape index (κ2) is 7.30. The summed E-state index contributed by atoms with van der Waals surface area (Å²) >= 11 is 0. The molecule has 1 aliphatic rings. The molecular weight excluding hydrogens is 270 g/mol. The summed E-state index contributed by atoms with van der Waals surface area (Å²) in [5, 5.41) is 0. The molecule has 1 aromatic rings. The molecule has 22 heavy (non-hydrogen) atoms. The fourth-order valence-electron chi connectivity index (χ4n) is 3.38. The highest BCUT2D eigenvalue weighted by Crippen LogP contribution is 2.34. The summed E-state index contributed by atoms with van der Waals surface area (Å²) in [4.78, 5) is 0. The number of hydrogen-bond acceptors (Lipinski definition) is 1. The second-order valence-corrected chi connectivity index (χ2v) is 7.37. The molecule has 0 radical (unpaired) electrons. The molecule has 2 atom stereocenters. The Labute approximate surface area is 136 Å². The van der Waals surface area contributed by atoms with Crippen LogP contribution in [0.5, 0.6) is 5.75 Å². The Balaban J connectivity index is 2.35. The van der Waals surface area contributed by atoms with Crippen LogP contribution in [0.2, 0.25) is 0 Å². The summed E-state index contributed by atoms with van der Waals surface area (Å²) in [5.74, 6) is 2.01. The molecule has 0 unspecified atom stereocenters. The Morgan fingerprint density at radius 1 is 1.00 bits per heavy atom. The summed E-state index contributed by atoms with van der Waals surface area (Å²) in [6, 6.07) is 7.69. The Morgan fingerprint density at radius 3 is 1.95 bits per heavy atom. The molecular formula is C20H32NO+. The maximum atomic E-state index is 6.27. The number of para-hydroxylation sites is 1. The number of piperidine rings is 1. The predicted molar refractivity (Wildman–Crippen MR) is 94.3 cm³/mol. The molecule has 0 amide bonds. The van der Waals surface area contributed by atoms with E-state index < -0.39 is 0 Å². The van der Waals surface area contributed by atoms with Crippen LogP contribution in [0.1, 0.15) is 83.8 Å². The lowest BCUT2D eigenvalue weighted by Gasteiger charge is -2.23. The van der Waals surface area contributed by atoms with E-state index >= 15 is 0 Å². The fraction of sp³-hybridized carbons (Fsp3) is 0.650. The molecule has 0 bridgehead atoms. The molecule has 0 aliphatic carbocycles. The minimum atomic E-state index is 0.471. The summed E-state index contributed by atoms with van der Waals surface area (Å²) < 4.78 is 8.67. The minimum absolute atomic E-state index is 0.471. The molecule has 2 rings (SSSR count). The third-order valence-electron chi connectivity index (χ3n) is 4.87. The second-order valence-electron chi connectivity index (χ2n) is 7.37. The molecule has 1 aliphatic heterocycles. The monoisotopic (exact) mass is 302 g/mol. The van der Waals surface area contributed by atoms with E-state index in [9.17, 15) is 0 Å². The highest BCUT2D eigenvalue weighted by atomic mass is 16.5. The lowest BCUT2D eigenvalue weighted by molar-refractivity contribution is -0.606. The molecule has 0 aromatic heterocycles. The van der Waals surface area contributed by atoms with Gasteiger partial charge in [0.15, 0.2) is 12.1 Å². The number of rotatable bonds is 4. The van der Waals surface area contributed by atoms with Gasteiger partial charge in [-0.3, -0.25) is 0 Å². The topological polar surface area (TPSA) is 12.2 Å². The zero-order valence-corrected chi connectivity index (χ0v) is 15.1. The molecule has 0 N–H and O–H groups in total. The van der Waals surface area contributed by atoms with Crippen LogP contribution in [0.15, 0.2) is 18.2 Å². The summed E-state index contributed by atoms with van der Waals surface area (Å²) in [6.07, 6.45) is 5.83. The third kappa shape index (κ3) is 3.71. The Morgan fingerprint density at radius 2 is 1.50 bits per heavy atom. The van der Waals surface area contributed by atoms with Crippen molar-refractivity contribution in [2.24, 2.45) is 0 Å². The van der Waals surface area contributed by atoms with Crippen molar-refractivity contribution in [3.05, 3.63) is 29.3 Å². The van der Waals surface area contributed by atoms with Crippen molar-refractivity contribution in [1.29, 1.82) is 0 Å². The van der Waals surface area contributed by atoms with Gasteiger partial charge in [0.1, 0.15) is 5.75 Å². The lowest BCUT2D eigenvalue weighted by atomic mass is 9.94. The van der Waals surface area contributed by atoms with Gasteiger partial charge in [-0.25, -0.2) is 4.58 Å². The first-order valence-electron chi connectivity index (χ1n) is 8.82. The van der Waals surface area contributed by atoms with Crippen LogP contribution in [0.4, 0.5) is 0 Å². The molecule has 1 heterocycles. The van der Waals surface area contributed by atoms with E-state index in [2.05, 4.69) is 64.3 Å². The first-order valence-corrected chi connectivity index (χ1v) is 8.82. The summed E-state index contributed by atoms with van der Waals surface area (Å²) in [7, 11) is 0. The van der Waals surface area contributed by atoms with E-state index in [1.54, 1.807) is 0 Å². The van der Waals surface area contributed by atoms with Crippen molar-refractivity contribution in [2.45, 2.75) is 84.7 Å². The van der Waals surface area contributed by atoms with E-state index in [-0.39, 0.29) is 0 Å². The maximum absolute atomic E-state index is 6.27. The van der Waals surface area contributed by atoms with Gasteiger partial charge in [0, 0.05) is 12.8 Å². The number of ether oxygens (including phenoxy) is 1. The quantitative estimate of drug-likeness (QED) is 0.542. The zero-order chi connectivity index (χ0) is 16.3. The average molecular weight is 302 g/mol. The Kier molecular flexibility index (Phi) is 5.66. The molecule has 0 spiro atoms. The van der Waals surface area contributed by atoms with Crippen LogP contribution in [0.25, 0.3) is 0 Å². The Hall–Kier alpha value is -1.31. The van der Waals surface area contributed by atoms with Crippen molar-refractivity contribution in [2.75, 3.05) is 0 Å². The highest BCUT2D eigenvalue weighted by molar-refractivity contribution is 5.54. The zero-order valence-electron chi connectivity index (χ0n) is 15.1. The van der Waals surface area contributed by atoms with Gasteiger partial charge >= 0.3 is 6.40 Å². The molecule has 1 saturated heterocycles. The summed E-state index contributed by atoms with van der Waals surface area (Å²) in [5.41, 5.74) is 2.61. The normalized spacial score (nSPS) is 22.3. The molecule has 0 saturated carbocycles. The van der Waals surface area contributed by atoms with Crippen molar-refractivity contribution in [1.82, 2.24) is 0 Å². The minimum Gasteiger partial charge on any atom is -0.410 e. The average Bonchev–Trinajstić information content (AvgIpc) is 2.46. The van der Waals surface area contributed by atoms with Gasteiger partial charge in [-0.2, -0.15) is 0 Å². The molecule has 1 aromatic carbocycles. The largest absolute Gasteiger partial charge is 0.410 e. The lowest BCUT2D eigenvalue weighted by Crippen LogP contribution is -2.37. The van der Waals surface area contributed by atoms with E-state index in [1.165, 1.54) is 30.4 Å². The molecule has 2 heteroatoms. The van der Waals surface area contributed by atoms with Gasteiger partial charge in [0.25, 0.3) is 0 Å². The van der Waals surface area contributed by atoms with E-state index in [4.69, 9.17) is 4.74 Å². The molecule has 2 nitrogen and oxygen atoms in total. The van der Waals surface area contributed by atoms with Crippen LogP contribution in [0, 0.1) is 0 Å².